The summed E-state index contributed by atoms with van der Waals surface area (Å²) in [7, 11) is 0. The van der Waals surface area contributed by atoms with Gasteiger partial charge in [0.25, 0.3) is 5.91 Å². The number of anilines is 1. The minimum absolute atomic E-state index is 0.0822. The van der Waals surface area contributed by atoms with Crippen molar-refractivity contribution in [1.29, 1.82) is 0 Å². The van der Waals surface area contributed by atoms with Gasteiger partial charge in [0.1, 0.15) is 5.69 Å². The van der Waals surface area contributed by atoms with E-state index in [0.717, 1.165) is 10.0 Å². The lowest BCUT2D eigenvalue weighted by Crippen LogP contribution is -2.13. The van der Waals surface area contributed by atoms with Crippen molar-refractivity contribution in [2.75, 3.05) is 5.32 Å². The Labute approximate surface area is 117 Å². The van der Waals surface area contributed by atoms with Crippen LogP contribution in [0.15, 0.2) is 28.7 Å². The number of aromatic amines is 1. The topological polar surface area (TPSA) is 95.1 Å². The molecule has 2 aromatic rings. The Morgan fingerprint density at radius 1 is 1.37 bits per heavy atom. The Kier molecular flexibility index (Phi) is 3.66. The molecule has 0 aliphatic rings. The molecule has 0 fully saturated rings. The molecule has 0 bridgehead atoms. The summed E-state index contributed by atoms with van der Waals surface area (Å²) in [5.41, 5.74) is 1.23. The highest BCUT2D eigenvalue weighted by molar-refractivity contribution is 9.10. The fourth-order valence-electron chi connectivity index (χ4n) is 1.52. The quantitative estimate of drug-likeness (QED) is 0.808. The van der Waals surface area contributed by atoms with Crippen molar-refractivity contribution in [3.63, 3.8) is 0 Å². The number of H-pyrrole nitrogens is 1. The molecule has 98 valence electrons. The lowest BCUT2D eigenvalue weighted by atomic mass is 10.1. The zero-order valence-corrected chi connectivity index (χ0v) is 11.5. The van der Waals surface area contributed by atoms with Gasteiger partial charge in [-0.2, -0.15) is 5.10 Å². The van der Waals surface area contributed by atoms with Crippen LogP contribution in [0.5, 0.6) is 0 Å². The molecular weight excluding hydrogens is 314 g/mol. The van der Waals surface area contributed by atoms with Crippen LogP contribution in [0.2, 0.25) is 0 Å². The van der Waals surface area contributed by atoms with Crippen LogP contribution < -0.4 is 5.32 Å². The molecule has 2 rings (SSSR count). The average molecular weight is 324 g/mol. The van der Waals surface area contributed by atoms with Gasteiger partial charge in [-0.3, -0.25) is 9.89 Å². The highest BCUT2D eigenvalue weighted by Crippen LogP contribution is 2.17. The van der Waals surface area contributed by atoms with Crippen LogP contribution in [0.3, 0.4) is 0 Å². The summed E-state index contributed by atoms with van der Waals surface area (Å²) in [6.45, 7) is 1.81. The van der Waals surface area contributed by atoms with E-state index in [9.17, 15) is 9.59 Å². The molecule has 0 saturated heterocycles. The predicted octanol–water partition coefficient (Wildman–Crippen LogP) is 2.43. The number of amides is 1. The molecule has 7 heteroatoms. The van der Waals surface area contributed by atoms with Gasteiger partial charge in [0.15, 0.2) is 5.82 Å². The molecule has 0 saturated carbocycles. The summed E-state index contributed by atoms with van der Waals surface area (Å²) in [4.78, 5) is 22.7. The smallest absolute Gasteiger partial charge is 0.353 e. The number of aromatic carboxylic acids is 1. The molecule has 0 radical (unpaired) electrons. The van der Waals surface area contributed by atoms with Crippen LogP contribution in [0.1, 0.15) is 26.4 Å². The monoisotopic (exact) mass is 323 g/mol. The van der Waals surface area contributed by atoms with Gasteiger partial charge in [-0.15, -0.1) is 0 Å². The maximum absolute atomic E-state index is 12.0. The number of carboxylic acids is 1. The lowest BCUT2D eigenvalue weighted by Gasteiger charge is -2.05. The first-order valence-electron chi connectivity index (χ1n) is 5.33. The van der Waals surface area contributed by atoms with E-state index in [2.05, 4.69) is 31.4 Å². The number of carbonyl (C=O) groups excluding carboxylic acids is 1. The molecule has 19 heavy (non-hydrogen) atoms. The molecule has 1 amide bonds. The first-order chi connectivity index (χ1) is 8.97. The molecular formula is C12H10BrN3O3. The maximum Gasteiger partial charge on any atom is 0.353 e. The highest BCUT2D eigenvalue weighted by Gasteiger charge is 2.13. The Balaban J connectivity index is 2.20. The van der Waals surface area contributed by atoms with Crippen molar-refractivity contribution in [3.05, 3.63) is 45.6 Å². The normalized spacial score (nSPS) is 10.2. The number of aromatic nitrogens is 2. The van der Waals surface area contributed by atoms with Crippen LogP contribution in [0, 0.1) is 6.92 Å². The van der Waals surface area contributed by atoms with E-state index in [0.29, 0.717) is 5.56 Å². The van der Waals surface area contributed by atoms with Crippen molar-refractivity contribution in [2.24, 2.45) is 0 Å². The number of benzene rings is 1. The van der Waals surface area contributed by atoms with Gasteiger partial charge in [-0.05, 0) is 24.6 Å². The Morgan fingerprint density at radius 3 is 2.74 bits per heavy atom. The number of nitrogens with zero attached hydrogens (tertiary/aromatic N) is 1. The van der Waals surface area contributed by atoms with Crippen LogP contribution in [0.25, 0.3) is 0 Å². The van der Waals surface area contributed by atoms with Crippen LogP contribution in [-0.4, -0.2) is 27.2 Å². The van der Waals surface area contributed by atoms with E-state index in [4.69, 9.17) is 5.11 Å². The summed E-state index contributed by atoms with van der Waals surface area (Å²) < 4.78 is 0.788. The fraction of sp³-hybridized carbons (Fsp3) is 0.0833. The van der Waals surface area contributed by atoms with E-state index in [1.807, 2.05) is 19.1 Å². The van der Waals surface area contributed by atoms with Gasteiger partial charge in [0.2, 0.25) is 0 Å². The number of hydrogen-bond donors (Lipinski definition) is 3. The zero-order chi connectivity index (χ0) is 14.0. The number of hydrogen-bond acceptors (Lipinski definition) is 3. The highest BCUT2D eigenvalue weighted by atomic mass is 79.9. The molecule has 6 nitrogen and oxygen atoms in total. The predicted molar refractivity (Wildman–Crippen MR) is 72.4 cm³/mol. The van der Waals surface area contributed by atoms with Gasteiger partial charge < -0.3 is 10.4 Å². The molecule has 0 atom stereocenters. The molecule has 0 spiro atoms. The molecule has 1 aromatic carbocycles. The molecule has 0 unspecified atom stereocenters. The third-order valence-corrected chi connectivity index (χ3v) is 2.99. The second kappa shape index (κ2) is 5.23. The Morgan fingerprint density at radius 2 is 2.11 bits per heavy atom. The summed E-state index contributed by atoms with van der Waals surface area (Å²) in [6.07, 6.45) is 0. The summed E-state index contributed by atoms with van der Waals surface area (Å²) >= 11 is 3.29. The second-order valence-corrected chi connectivity index (χ2v) is 4.80. The minimum atomic E-state index is -1.13. The SMILES string of the molecule is Cc1ccc(Br)cc1C(=O)Nc1cc(C(=O)O)[nH]n1. The van der Waals surface area contributed by atoms with Gasteiger partial charge in [0.05, 0.1) is 0 Å². The third kappa shape index (κ3) is 3.00. The first-order valence-corrected chi connectivity index (χ1v) is 6.13. The number of carboxylic acid groups (broad SMARTS) is 1. The maximum atomic E-state index is 12.0. The molecule has 1 heterocycles. The van der Waals surface area contributed by atoms with Crippen molar-refractivity contribution in [2.45, 2.75) is 6.92 Å². The van der Waals surface area contributed by atoms with Gasteiger partial charge in [-0.25, -0.2) is 4.79 Å². The zero-order valence-electron chi connectivity index (χ0n) is 9.90. The van der Waals surface area contributed by atoms with Gasteiger partial charge >= 0.3 is 5.97 Å². The largest absolute Gasteiger partial charge is 0.477 e. The summed E-state index contributed by atoms with van der Waals surface area (Å²) in [6, 6.07) is 6.60. The Hall–Kier alpha value is -2.15. The summed E-state index contributed by atoms with van der Waals surface area (Å²) in [5, 5.41) is 17.3. The Bertz CT molecular complexity index is 651. The van der Waals surface area contributed by atoms with E-state index >= 15 is 0 Å². The van der Waals surface area contributed by atoms with Crippen LogP contribution in [-0.2, 0) is 0 Å². The summed E-state index contributed by atoms with van der Waals surface area (Å²) in [5.74, 6) is -1.31. The first kappa shape index (κ1) is 13.3. The molecule has 0 aliphatic carbocycles. The van der Waals surface area contributed by atoms with Crippen LogP contribution in [0.4, 0.5) is 5.82 Å². The number of nitrogens with one attached hydrogen (secondary N) is 2. The fourth-order valence-corrected chi connectivity index (χ4v) is 1.88. The third-order valence-electron chi connectivity index (χ3n) is 2.49. The number of rotatable bonds is 3. The van der Waals surface area contributed by atoms with Gasteiger partial charge in [-0.1, -0.05) is 22.0 Å². The van der Waals surface area contributed by atoms with Gasteiger partial charge in [0, 0.05) is 16.1 Å². The second-order valence-electron chi connectivity index (χ2n) is 3.89. The van der Waals surface area contributed by atoms with E-state index < -0.39 is 5.97 Å². The van der Waals surface area contributed by atoms with Crippen molar-refractivity contribution >= 4 is 33.6 Å². The van der Waals surface area contributed by atoms with Crippen molar-refractivity contribution in [3.8, 4) is 0 Å². The number of halogens is 1. The molecule has 0 aliphatic heterocycles. The number of aryl methyl sites for hydroxylation is 1. The number of carbonyl (C=O) groups is 2. The van der Waals surface area contributed by atoms with Crippen molar-refractivity contribution < 1.29 is 14.7 Å². The lowest BCUT2D eigenvalue weighted by molar-refractivity contribution is 0.0690. The van der Waals surface area contributed by atoms with Crippen LogP contribution >= 0.6 is 15.9 Å². The van der Waals surface area contributed by atoms with E-state index in [1.165, 1.54) is 6.07 Å². The average Bonchev–Trinajstić information content (AvgIpc) is 2.80. The van der Waals surface area contributed by atoms with E-state index in [1.54, 1.807) is 6.07 Å². The van der Waals surface area contributed by atoms with Crippen molar-refractivity contribution in [1.82, 2.24) is 10.2 Å². The molecule has 1 aromatic heterocycles. The minimum Gasteiger partial charge on any atom is -0.477 e. The standard InChI is InChI=1S/C12H10BrN3O3/c1-6-2-3-7(13)4-8(6)11(17)14-10-5-9(12(18)19)15-16-10/h2-5H,1H3,(H,18,19)(H2,14,15,16,17). The van der Waals surface area contributed by atoms with E-state index in [-0.39, 0.29) is 17.4 Å². The molecule has 3 N–H and O–H groups in total.